The molecule has 0 aliphatic carbocycles. The van der Waals surface area contributed by atoms with Crippen LogP contribution < -0.4 is 15.4 Å². The van der Waals surface area contributed by atoms with E-state index in [0.29, 0.717) is 6.42 Å². The third-order valence-electron chi connectivity index (χ3n) is 3.16. The summed E-state index contributed by atoms with van der Waals surface area (Å²) in [5, 5.41) is 6.35. The molecule has 106 valence electrons. The molecule has 2 N–H and O–H groups in total. The number of nitrogens with one attached hydrogen (secondary N) is 2. The molecule has 1 aromatic rings. The van der Waals surface area contributed by atoms with Crippen LogP contribution in [0.1, 0.15) is 18.4 Å². The van der Waals surface area contributed by atoms with E-state index in [2.05, 4.69) is 10.6 Å². The monoisotopic (exact) mass is 284 g/mol. The van der Waals surface area contributed by atoms with E-state index >= 15 is 0 Å². The molecule has 4 nitrogen and oxygen atoms in total. The van der Waals surface area contributed by atoms with Gasteiger partial charge in [-0.25, -0.2) is 0 Å². The largest absolute Gasteiger partial charge is 0.497 e. The van der Waals surface area contributed by atoms with Gasteiger partial charge in [-0.1, -0.05) is 12.1 Å². The Labute approximate surface area is 120 Å². The van der Waals surface area contributed by atoms with E-state index in [0.717, 1.165) is 37.2 Å². The molecule has 1 amide bonds. The second-order valence-corrected chi connectivity index (χ2v) is 4.64. The Hall–Kier alpha value is -1.26. The molecule has 1 atom stereocenters. The third-order valence-corrected chi connectivity index (χ3v) is 3.16. The summed E-state index contributed by atoms with van der Waals surface area (Å²) in [6.07, 6.45) is 2.61. The van der Waals surface area contributed by atoms with E-state index in [1.165, 1.54) is 0 Å². The van der Waals surface area contributed by atoms with Gasteiger partial charge in [0.25, 0.3) is 0 Å². The van der Waals surface area contributed by atoms with Crippen molar-refractivity contribution in [1.82, 2.24) is 10.6 Å². The molecule has 0 spiro atoms. The van der Waals surface area contributed by atoms with Crippen LogP contribution in [0, 0.1) is 0 Å². The van der Waals surface area contributed by atoms with E-state index in [9.17, 15) is 4.79 Å². The highest BCUT2D eigenvalue weighted by atomic mass is 35.5. The first-order valence-electron chi connectivity index (χ1n) is 6.41. The van der Waals surface area contributed by atoms with Gasteiger partial charge in [-0.15, -0.1) is 12.4 Å². The lowest BCUT2D eigenvalue weighted by Crippen LogP contribution is -2.46. The van der Waals surface area contributed by atoms with Crippen molar-refractivity contribution in [1.29, 1.82) is 0 Å². The maximum Gasteiger partial charge on any atom is 0.224 e. The quantitative estimate of drug-likeness (QED) is 0.882. The number of carbonyl (C=O) groups is 1. The summed E-state index contributed by atoms with van der Waals surface area (Å²) < 4.78 is 5.14. The number of rotatable bonds is 4. The maximum absolute atomic E-state index is 11.9. The van der Waals surface area contributed by atoms with Gasteiger partial charge in [0.15, 0.2) is 0 Å². The molecule has 1 saturated heterocycles. The fourth-order valence-electron chi connectivity index (χ4n) is 2.22. The summed E-state index contributed by atoms with van der Waals surface area (Å²) in [7, 11) is 1.63. The molecule has 0 saturated carbocycles. The second kappa shape index (κ2) is 8.02. The molecule has 5 heteroatoms. The summed E-state index contributed by atoms with van der Waals surface area (Å²) in [6.45, 7) is 1.94. The first-order valence-corrected chi connectivity index (χ1v) is 6.41. The predicted molar refractivity (Wildman–Crippen MR) is 78.0 cm³/mol. The van der Waals surface area contributed by atoms with Gasteiger partial charge in [0.2, 0.25) is 5.91 Å². The Kier molecular flexibility index (Phi) is 6.67. The maximum atomic E-state index is 11.9. The van der Waals surface area contributed by atoms with Crippen LogP contribution in [0.15, 0.2) is 24.3 Å². The fraction of sp³-hybridized carbons (Fsp3) is 0.500. The number of halogens is 1. The van der Waals surface area contributed by atoms with Crippen LogP contribution in [0.3, 0.4) is 0 Å². The molecule has 1 aliphatic heterocycles. The van der Waals surface area contributed by atoms with E-state index in [-0.39, 0.29) is 24.4 Å². The third kappa shape index (κ3) is 5.09. The number of hydrogen-bond donors (Lipinski definition) is 2. The summed E-state index contributed by atoms with van der Waals surface area (Å²) >= 11 is 0. The zero-order chi connectivity index (χ0) is 12.8. The number of benzene rings is 1. The van der Waals surface area contributed by atoms with Crippen molar-refractivity contribution in [3.05, 3.63) is 29.8 Å². The van der Waals surface area contributed by atoms with Crippen molar-refractivity contribution in [2.24, 2.45) is 0 Å². The standard InChI is InChI=1S/C14H20N2O2.ClH/c1-18-13-6-2-4-11(8-13)9-14(17)16-12-5-3-7-15-10-12;/h2,4,6,8,12,15H,3,5,7,9-10H2,1H3,(H,16,17);1H/t12-;/m1./s1. The van der Waals surface area contributed by atoms with Crippen molar-refractivity contribution < 1.29 is 9.53 Å². The van der Waals surface area contributed by atoms with Gasteiger partial charge in [0.1, 0.15) is 5.75 Å². The smallest absolute Gasteiger partial charge is 0.224 e. The molecule has 2 rings (SSSR count). The highest BCUT2D eigenvalue weighted by Crippen LogP contribution is 2.13. The highest BCUT2D eigenvalue weighted by Gasteiger charge is 2.15. The normalized spacial score (nSPS) is 18.3. The Morgan fingerprint density at radius 3 is 3.05 bits per heavy atom. The van der Waals surface area contributed by atoms with E-state index in [1.807, 2.05) is 24.3 Å². The van der Waals surface area contributed by atoms with Crippen LogP contribution in [0.2, 0.25) is 0 Å². The number of carbonyl (C=O) groups excluding carboxylic acids is 1. The zero-order valence-electron chi connectivity index (χ0n) is 11.1. The van der Waals surface area contributed by atoms with Crippen molar-refractivity contribution >= 4 is 18.3 Å². The van der Waals surface area contributed by atoms with Gasteiger partial charge < -0.3 is 15.4 Å². The van der Waals surface area contributed by atoms with Gasteiger partial charge in [-0.3, -0.25) is 4.79 Å². The second-order valence-electron chi connectivity index (χ2n) is 4.64. The topological polar surface area (TPSA) is 50.4 Å². The predicted octanol–water partition coefficient (Wildman–Crippen LogP) is 1.53. The molecule has 0 radical (unpaired) electrons. The summed E-state index contributed by atoms with van der Waals surface area (Å²) in [4.78, 5) is 11.9. The van der Waals surface area contributed by atoms with Gasteiger partial charge in [-0.2, -0.15) is 0 Å². The molecule has 0 unspecified atom stereocenters. The molecule has 19 heavy (non-hydrogen) atoms. The molecule has 1 heterocycles. The van der Waals surface area contributed by atoms with Crippen molar-refractivity contribution in [2.45, 2.75) is 25.3 Å². The summed E-state index contributed by atoms with van der Waals surface area (Å²) in [5.41, 5.74) is 0.982. The Morgan fingerprint density at radius 1 is 1.53 bits per heavy atom. The van der Waals surface area contributed by atoms with Crippen LogP contribution in [0.25, 0.3) is 0 Å². The minimum atomic E-state index is 0. The molecular weight excluding hydrogens is 264 g/mol. The van der Waals surface area contributed by atoms with Crippen molar-refractivity contribution in [3.63, 3.8) is 0 Å². The van der Waals surface area contributed by atoms with Crippen LogP contribution >= 0.6 is 12.4 Å². The SMILES string of the molecule is COc1cccc(CC(=O)N[C@@H]2CCCNC2)c1.Cl. The molecular formula is C14H21ClN2O2. The fourth-order valence-corrected chi connectivity index (χ4v) is 2.22. The lowest BCUT2D eigenvalue weighted by Gasteiger charge is -2.23. The number of piperidine rings is 1. The van der Waals surface area contributed by atoms with E-state index < -0.39 is 0 Å². The minimum absolute atomic E-state index is 0. The zero-order valence-corrected chi connectivity index (χ0v) is 12.0. The molecule has 1 aromatic carbocycles. The molecule has 1 fully saturated rings. The average molecular weight is 285 g/mol. The number of methoxy groups -OCH3 is 1. The van der Waals surface area contributed by atoms with Crippen LogP contribution in [0.4, 0.5) is 0 Å². The van der Waals surface area contributed by atoms with E-state index in [4.69, 9.17) is 4.74 Å². The molecule has 0 bridgehead atoms. The van der Waals surface area contributed by atoms with Crippen LogP contribution in [-0.4, -0.2) is 32.1 Å². The summed E-state index contributed by atoms with van der Waals surface area (Å²) in [6, 6.07) is 7.91. The first-order chi connectivity index (χ1) is 8.78. The van der Waals surface area contributed by atoms with Gasteiger partial charge >= 0.3 is 0 Å². The molecule has 0 aromatic heterocycles. The van der Waals surface area contributed by atoms with Gasteiger partial charge in [-0.05, 0) is 37.1 Å². The van der Waals surface area contributed by atoms with Gasteiger partial charge in [0.05, 0.1) is 13.5 Å². The average Bonchev–Trinajstić information content (AvgIpc) is 2.40. The van der Waals surface area contributed by atoms with Crippen molar-refractivity contribution in [2.75, 3.05) is 20.2 Å². The lowest BCUT2D eigenvalue weighted by atomic mass is 10.1. The van der Waals surface area contributed by atoms with Crippen LogP contribution in [-0.2, 0) is 11.2 Å². The summed E-state index contributed by atoms with van der Waals surface area (Å²) in [5.74, 6) is 0.872. The lowest BCUT2D eigenvalue weighted by molar-refractivity contribution is -0.121. The van der Waals surface area contributed by atoms with E-state index in [1.54, 1.807) is 7.11 Å². The minimum Gasteiger partial charge on any atom is -0.497 e. The number of hydrogen-bond acceptors (Lipinski definition) is 3. The Morgan fingerprint density at radius 2 is 2.37 bits per heavy atom. The Balaban J connectivity index is 0.00000180. The molecule has 1 aliphatic rings. The van der Waals surface area contributed by atoms with Crippen LogP contribution in [0.5, 0.6) is 5.75 Å². The van der Waals surface area contributed by atoms with Crippen molar-refractivity contribution in [3.8, 4) is 5.75 Å². The highest BCUT2D eigenvalue weighted by molar-refractivity contribution is 5.85. The number of amides is 1. The first kappa shape index (κ1) is 15.8. The Bertz CT molecular complexity index is 406. The van der Waals surface area contributed by atoms with Gasteiger partial charge in [0, 0.05) is 12.6 Å². The number of ether oxygens (including phenoxy) is 1.